The van der Waals surface area contributed by atoms with Crippen LogP contribution in [0, 0.1) is 0 Å². The number of rotatable bonds is 5. The fourth-order valence-electron chi connectivity index (χ4n) is 2.00. The Bertz CT molecular complexity index is 214. The van der Waals surface area contributed by atoms with Gasteiger partial charge in [-0.3, -0.25) is 4.79 Å². The van der Waals surface area contributed by atoms with Gasteiger partial charge in [0.05, 0.1) is 6.61 Å². The summed E-state index contributed by atoms with van der Waals surface area (Å²) in [5.74, 6) is 0.244. The third-order valence-corrected chi connectivity index (χ3v) is 2.97. The molecule has 15 heavy (non-hydrogen) atoms. The third-order valence-electron chi connectivity index (χ3n) is 2.97. The molecule has 1 aliphatic rings. The van der Waals surface area contributed by atoms with Crippen molar-refractivity contribution in [1.29, 1.82) is 0 Å². The Morgan fingerprint density at radius 2 is 2.07 bits per heavy atom. The average molecular weight is 213 g/mol. The van der Waals surface area contributed by atoms with Gasteiger partial charge in [-0.2, -0.15) is 0 Å². The second kappa shape index (κ2) is 5.50. The summed E-state index contributed by atoms with van der Waals surface area (Å²) >= 11 is 0. The molecular formula is C12H23NO2. The van der Waals surface area contributed by atoms with Crippen molar-refractivity contribution < 1.29 is 9.53 Å². The number of ether oxygens (including phenoxy) is 1. The van der Waals surface area contributed by atoms with Crippen LogP contribution in [0.25, 0.3) is 0 Å². The lowest BCUT2D eigenvalue weighted by molar-refractivity contribution is -0.144. The minimum absolute atomic E-state index is 0.244. The van der Waals surface area contributed by atoms with Crippen molar-refractivity contribution in [3.05, 3.63) is 0 Å². The summed E-state index contributed by atoms with van der Waals surface area (Å²) in [5.41, 5.74) is -0.387. The van der Waals surface area contributed by atoms with E-state index in [1.54, 1.807) is 0 Å². The highest BCUT2D eigenvalue weighted by molar-refractivity contribution is 5.77. The van der Waals surface area contributed by atoms with E-state index < -0.39 is 0 Å². The van der Waals surface area contributed by atoms with Gasteiger partial charge in [0.2, 0.25) is 5.91 Å². The van der Waals surface area contributed by atoms with Crippen LogP contribution in [0.15, 0.2) is 0 Å². The summed E-state index contributed by atoms with van der Waals surface area (Å²) in [6, 6.07) is 0. The van der Waals surface area contributed by atoms with Crippen molar-refractivity contribution in [3.8, 4) is 0 Å². The Morgan fingerprint density at radius 3 is 2.60 bits per heavy atom. The van der Waals surface area contributed by atoms with Crippen molar-refractivity contribution in [3.63, 3.8) is 0 Å². The van der Waals surface area contributed by atoms with Crippen LogP contribution in [0.4, 0.5) is 0 Å². The van der Waals surface area contributed by atoms with Crippen LogP contribution in [-0.4, -0.2) is 29.7 Å². The summed E-state index contributed by atoms with van der Waals surface area (Å²) in [6.07, 6.45) is 5.29. The van der Waals surface area contributed by atoms with Crippen LogP contribution >= 0.6 is 0 Å². The van der Waals surface area contributed by atoms with Gasteiger partial charge >= 0.3 is 0 Å². The maximum Gasteiger partial charge on any atom is 0.224 e. The molecule has 0 aromatic carbocycles. The van der Waals surface area contributed by atoms with Crippen molar-refractivity contribution in [2.45, 2.75) is 58.6 Å². The number of hydrogen-bond acceptors (Lipinski definition) is 2. The SMILES string of the molecule is CCCCCCC(=O)N1CCOC1(C)C. The van der Waals surface area contributed by atoms with Gasteiger partial charge in [0.25, 0.3) is 0 Å². The minimum atomic E-state index is -0.387. The second-order valence-electron chi connectivity index (χ2n) is 4.65. The third kappa shape index (κ3) is 3.49. The van der Waals surface area contributed by atoms with Crippen LogP contribution in [0.2, 0.25) is 0 Å². The molecule has 0 atom stereocenters. The Hall–Kier alpha value is -0.570. The van der Waals surface area contributed by atoms with E-state index in [4.69, 9.17) is 4.74 Å². The molecule has 3 nitrogen and oxygen atoms in total. The lowest BCUT2D eigenvalue weighted by Crippen LogP contribution is -2.43. The number of carbonyl (C=O) groups is 1. The van der Waals surface area contributed by atoms with E-state index in [0.29, 0.717) is 13.0 Å². The van der Waals surface area contributed by atoms with Crippen LogP contribution < -0.4 is 0 Å². The average Bonchev–Trinajstić information content (AvgIpc) is 2.52. The first-order valence-corrected chi connectivity index (χ1v) is 6.02. The Labute approximate surface area is 92.8 Å². The van der Waals surface area contributed by atoms with E-state index in [0.717, 1.165) is 19.4 Å². The minimum Gasteiger partial charge on any atom is -0.354 e. The lowest BCUT2D eigenvalue weighted by atomic mass is 10.1. The van der Waals surface area contributed by atoms with E-state index in [1.165, 1.54) is 12.8 Å². The standard InChI is InChI=1S/C12H23NO2/c1-4-5-6-7-8-11(14)13-9-10-15-12(13,2)3/h4-10H2,1-3H3. The molecule has 3 heteroatoms. The van der Waals surface area contributed by atoms with Gasteiger partial charge in [0.1, 0.15) is 5.72 Å². The Balaban J connectivity index is 2.28. The van der Waals surface area contributed by atoms with Crippen LogP contribution in [0.1, 0.15) is 52.9 Å². The zero-order valence-electron chi connectivity index (χ0n) is 10.2. The van der Waals surface area contributed by atoms with Gasteiger partial charge in [-0.15, -0.1) is 0 Å². The summed E-state index contributed by atoms with van der Waals surface area (Å²) in [4.78, 5) is 13.7. The van der Waals surface area contributed by atoms with Gasteiger partial charge in [-0.05, 0) is 20.3 Å². The van der Waals surface area contributed by atoms with Crippen molar-refractivity contribution >= 4 is 5.91 Å². The zero-order valence-corrected chi connectivity index (χ0v) is 10.2. The smallest absolute Gasteiger partial charge is 0.224 e. The Morgan fingerprint density at radius 1 is 1.33 bits per heavy atom. The first-order valence-electron chi connectivity index (χ1n) is 6.02. The molecule has 1 heterocycles. The fourth-order valence-corrected chi connectivity index (χ4v) is 2.00. The molecule has 1 fully saturated rings. The molecule has 0 unspecified atom stereocenters. The highest BCUT2D eigenvalue weighted by Crippen LogP contribution is 2.23. The maximum atomic E-state index is 11.9. The van der Waals surface area contributed by atoms with Crippen LogP contribution in [0.5, 0.6) is 0 Å². The highest BCUT2D eigenvalue weighted by atomic mass is 16.5. The summed E-state index contributed by atoms with van der Waals surface area (Å²) < 4.78 is 5.51. The topological polar surface area (TPSA) is 29.5 Å². The van der Waals surface area contributed by atoms with Gasteiger partial charge in [-0.25, -0.2) is 0 Å². The largest absolute Gasteiger partial charge is 0.354 e. The van der Waals surface area contributed by atoms with Crippen LogP contribution in [-0.2, 0) is 9.53 Å². The van der Waals surface area contributed by atoms with E-state index in [-0.39, 0.29) is 11.6 Å². The monoisotopic (exact) mass is 213 g/mol. The number of hydrogen-bond donors (Lipinski definition) is 0. The van der Waals surface area contributed by atoms with E-state index in [2.05, 4.69) is 6.92 Å². The summed E-state index contributed by atoms with van der Waals surface area (Å²) in [6.45, 7) is 7.53. The number of carbonyl (C=O) groups excluding carboxylic acids is 1. The normalized spacial score (nSPS) is 19.5. The lowest BCUT2D eigenvalue weighted by Gasteiger charge is -2.29. The molecule has 1 amide bonds. The molecule has 0 radical (unpaired) electrons. The van der Waals surface area contributed by atoms with Crippen molar-refractivity contribution in [1.82, 2.24) is 4.90 Å². The second-order valence-corrected chi connectivity index (χ2v) is 4.65. The van der Waals surface area contributed by atoms with Gasteiger partial charge in [0.15, 0.2) is 0 Å². The number of nitrogens with zero attached hydrogens (tertiary/aromatic N) is 1. The molecule has 88 valence electrons. The maximum absolute atomic E-state index is 11.9. The molecule has 1 rings (SSSR count). The fraction of sp³-hybridized carbons (Fsp3) is 0.917. The molecule has 0 aromatic heterocycles. The quantitative estimate of drug-likeness (QED) is 0.657. The van der Waals surface area contributed by atoms with Crippen LogP contribution in [0.3, 0.4) is 0 Å². The van der Waals surface area contributed by atoms with E-state index in [9.17, 15) is 4.79 Å². The highest BCUT2D eigenvalue weighted by Gasteiger charge is 2.35. The van der Waals surface area contributed by atoms with Crippen molar-refractivity contribution in [2.75, 3.05) is 13.2 Å². The number of unbranched alkanes of at least 4 members (excludes halogenated alkanes) is 3. The molecule has 0 aliphatic carbocycles. The van der Waals surface area contributed by atoms with E-state index >= 15 is 0 Å². The molecule has 0 aromatic rings. The predicted octanol–water partition coefficient (Wildman–Crippen LogP) is 2.55. The molecular weight excluding hydrogens is 190 g/mol. The molecule has 1 saturated heterocycles. The zero-order chi connectivity index (χ0) is 11.3. The molecule has 1 aliphatic heterocycles. The first-order chi connectivity index (χ1) is 7.08. The predicted molar refractivity (Wildman–Crippen MR) is 60.5 cm³/mol. The Kier molecular flexibility index (Phi) is 4.58. The van der Waals surface area contributed by atoms with Crippen molar-refractivity contribution in [2.24, 2.45) is 0 Å². The van der Waals surface area contributed by atoms with Gasteiger partial charge in [-0.1, -0.05) is 26.2 Å². The van der Waals surface area contributed by atoms with Gasteiger partial charge in [0, 0.05) is 13.0 Å². The molecule has 0 saturated carbocycles. The molecule has 0 bridgehead atoms. The number of amides is 1. The summed E-state index contributed by atoms with van der Waals surface area (Å²) in [7, 11) is 0. The molecule has 0 N–H and O–H groups in total. The summed E-state index contributed by atoms with van der Waals surface area (Å²) in [5, 5.41) is 0. The van der Waals surface area contributed by atoms with Gasteiger partial charge < -0.3 is 9.64 Å². The first kappa shape index (κ1) is 12.5. The van der Waals surface area contributed by atoms with E-state index in [1.807, 2.05) is 18.7 Å². The molecule has 0 spiro atoms.